The van der Waals surface area contributed by atoms with Crippen LogP contribution in [0.3, 0.4) is 0 Å². The summed E-state index contributed by atoms with van der Waals surface area (Å²) < 4.78 is 38.0. The first-order valence-electron chi connectivity index (χ1n) is 10.3. The molecular formula is C23H30F2N2OS. The van der Waals surface area contributed by atoms with Crippen molar-refractivity contribution in [2.24, 2.45) is 0 Å². The first kappa shape index (κ1) is 22.1. The average molecular weight is 421 g/mol. The van der Waals surface area contributed by atoms with Gasteiger partial charge in [-0.1, -0.05) is 24.3 Å². The lowest BCUT2D eigenvalue weighted by molar-refractivity contribution is 0.136. The van der Waals surface area contributed by atoms with Gasteiger partial charge in [-0.25, -0.2) is 8.78 Å². The summed E-state index contributed by atoms with van der Waals surface area (Å²) in [5.74, 6) is 0.404. The van der Waals surface area contributed by atoms with E-state index in [9.17, 15) is 13.0 Å². The zero-order valence-corrected chi connectivity index (χ0v) is 17.8. The van der Waals surface area contributed by atoms with Gasteiger partial charge in [-0.05, 0) is 54.8 Å². The van der Waals surface area contributed by atoms with Gasteiger partial charge in [-0.2, -0.15) is 0 Å². The summed E-state index contributed by atoms with van der Waals surface area (Å²) in [5.41, 5.74) is 2.13. The van der Waals surface area contributed by atoms with Crippen LogP contribution < -0.4 is 0 Å². The van der Waals surface area contributed by atoms with E-state index in [4.69, 9.17) is 0 Å². The topological polar surface area (TPSA) is 23.6 Å². The molecule has 0 unspecified atom stereocenters. The summed E-state index contributed by atoms with van der Waals surface area (Å²) in [7, 11) is -0.728. The van der Waals surface area contributed by atoms with Gasteiger partial charge in [0.25, 0.3) is 0 Å². The Morgan fingerprint density at radius 1 is 0.828 bits per heavy atom. The van der Waals surface area contributed by atoms with E-state index in [0.29, 0.717) is 0 Å². The summed E-state index contributed by atoms with van der Waals surface area (Å²) in [6.45, 7) is 6.05. The summed E-state index contributed by atoms with van der Waals surface area (Å²) in [4.78, 5) is 4.86. The molecule has 29 heavy (non-hydrogen) atoms. The van der Waals surface area contributed by atoms with Crippen LogP contribution in [0.25, 0.3) is 0 Å². The third kappa shape index (κ3) is 6.98. The summed E-state index contributed by atoms with van der Waals surface area (Å²) in [5, 5.41) is 0. The molecule has 1 aliphatic heterocycles. The number of halogens is 2. The second kappa shape index (κ2) is 11.0. The van der Waals surface area contributed by atoms with Crippen LogP contribution in [0, 0.1) is 11.6 Å². The molecule has 1 saturated heterocycles. The zero-order chi connectivity index (χ0) is 20.6. The molecule has 0 bridgehead atoms. The molecule has 0 aromatic heterocycles. The molecule has 1 aliphatic rings. The highest BCUT2D eigenvalue weighted by Crippen LogP contribution is 2.29. The summed E-state index contributed by atoms with van der Waals surface area (Å²) in [6, 6.07) is 13.3. The number of piperazine rings is 1. The van der Waals surface area contributed by atoms with Crippen LogP contribution in [-0.4, -0.2) is 65.3 Å². The van der Waals surface area contributed by atoms with E-state index in [1.807, 2.05) is 24.3 Å². The molecule has 1 heterocycles. The molecule has 1 atom stereocenters. The minimum Gasteiger partial charge on any atom is -0.301 e. The van der Waals surface area contributed by atoms with E-state index in [-0.39, 0.29) is 17.6 Å². The lowest BCUT2D eigenvalue weighted by Crippen LogP contribution is -2.47. The van der Waals surface area contributed by atoms with Gasteiger partial charge in [0, 0.05) is 61.4 Å². The molecule has 3 nitrogen and oxygen atoms in total. The van der Waals surface area contributed by atoms with Gasteiger partial charge >= 0.3 is 0 Å². The fourth-order valence-corrected chi connectivity index (χ4v) is 4.44. The average Bonchev–Trinajstić information content (AvgIpc) is 2.72. The molecule has 6 heteroatoms. The van der Waals surface area contributed by atoms with Crippen LogP contribution in [0.2, 0.25) is 0 Å². The Morgan fingerprint density at radius 2 is 1.28 bits per heavy atom. The maximum absolute atomic E-state index is 13.4. The van der Waals surface area contributed by atoms with Crippen molar-refractivity contribution < 1.29 is 13.0 Å². The number of nitrogens with zero attached hydrogens (tertiary/aromatic N) is 2. The predicted octanol–water partition coefficient (Wildman–Crippen LogP) is 3.87. The monoisotopic (exact) mass is 420 g/mol. The lowest BCUT2D eigenvalue weighted by atomic mass is 9.87. The summed E-state index contributed by atoms with van der Waals surface area (Å²) in [6.07, 6.45) is 3.72. The second-order valence-electron chi connectivity index (χ2n) is 7.76. The maximum atomic E-state index is 13.4. The van der Waals surface area contributed by atoms with Crippen molar-refractivity contribution in [1.29, 1.82) is 0 Å². The van der Waals surface area contributed by atoms with Crippen molar-refractivity contribution in [2.45, 2.75) is 18.8 Å². The first-order valence-corrected chi connectivity index (χ1v) is 12.0. The van der Waals surface area contributed by atoms with Gasteiger partial charge in [0.05, 0.1) is 0 Å². The molecule has 0 radical (unpaired) electrons. The maximum Gasteiger partial charge on any atom is 0.123 e. The third-order valence-corrected chi connectivity index (χ3v) is 6.43. The van der Waals surface area contributed by atoms with E-state index in [1.165, 1.54) is 24.3 Å². The Balaban J connectivity index is 1.53. The van der Waals surface area contributed by atoms with E-state index >= 15 is 0 Å². The third-order valence-electron chi connectivity index (χ3n) is 5.67. The smallest absolute Gasteiger partial charge is 0.123 e. The minimum atomic E-state index is -0.728. The number of hydrogen-bond acceptors (Lipinski definition) is 3. The van der Waals surface area contributed by atoms with Gasteiger partial charge in [0.2, 0.25) is 0 Å². The van der Waals surface area contributed by atoms with Crippen LogP contribution >= 0.6 is 0 Å². The Morgan fingerprint density at radius 3 is 1.72 bits per heavy atom. The van der Waals surface area contributed by atoms with Crippen LogP contribution in [-0.2, 0) is 10.8 Å². The molecule has 0 N–H and O–H groups in total. The van der Waals surface area contributed by atoms with Gasteiger partial charge in [0.15, 0.2) is 0 Å². The van der Waals surface area contributed by atoms with Crippen LogP contribution in [0.4, 0.5) is 8.78 Å². The second-order valence-corrected chi connectivity index (χ2v) is 9.31. The van der Waals surface area contributed by atoms with Gasteiger partial charge in [-0.15, -0.1) is 0 Å². The first-order chi connectivity index (χ1) is 14.0. The fraction of sp³-hybridized carbons (Fsp3) is 0.478. The quantitative estimate of drug-likeness (QED) is 0.615. The molecular weight excluding hydrogens is 390 g/mol. The highest BCUT2D eigenvalue weighted by molar-refractivity contribution is 7.84. The Hall–Kier alpha value is -1.63. The molecule has 0 amide bonds. The molecule has 0 saturated carbocycles. The van der Waals surface area contributed by atoms with Crippen molar-refractivity contribution in [3.8, 4) is 0 Å². The minimum absolute atomic E-state index is 0.136. The van der Waals surface area contributed by atoms with Crippen molar-refractivity contribution >= 4 is 10.8 Å². The predicted molar refractivity (Wildman–Crippen MR) is 116 cm³/mol. The highest BCUT2D eigenvalue weighted by atomic mass is 32.2. The van der Waals surface area contributed by atoms with Gasteiger partial charge in [0.1, 0.15) is 11.6 Å². The molecule has 0 aliphatic carbocycles. The van der Waals surface area contributed by atoms with Crippen molar-refractivity contribution in [3.63, 3.8) is 0 Å². The number of benzene rings is 2. The fourth-order valence-electron chi connectivity index (χ4n) is 3.93. The largest absolute Gasteiger partial charge is 0.301 e. The van der Waals surface area contributed by atoms with E-state index in [2.05, 4.69) is 9.80 Å². The number of hydrogen-bond donors (Lipinski definition) is 0. The Kier molecular flexibility index (Phi) is 8.33. The van der Waals surface area contributed by atoms with Crippen molar-refractivity contribution in [1.82, 2.24) is 9.80 Å². The highest BCUT2D eigenvalue weighted by Gasteiger charge is 2.19. The van der Waals surface area contributed by atoms with Crippen molar-refractivity contribution in [3.05, 3.63) is 71.3 Å². The molecule has 3 rings (SSSR count). The van der Waals surface area contributed by atoms with Gasteiger partial charge < -0.3 is 4.90 Å². The van der Waals surface area contributed by atoms with Crippen LogP contribution in [0.15, 0.2) is 48.5 Å². The van der Waals surface area contributed by atoms with E-state index in [1.54, 1.807) is 6.26 Å². The van der Waals surface area contributed by atoms with E-state index < -0.39 is 10.8 Å². The zero-order valence-electron chi connectivity index (χ0n) is 17.0. The molecule has 0 spiro atoms. The lowest BCUT2D eigenvalue weighted by Gasteiger charge is -2.34. The SMILES string of the molecule is C[S@@](=O)CCN1CCN(CCCC(c2ccc(F)cc2)c2ccc(F)cc2)CC1. The van der Waals surface area contributed by atoms with Crippen molar-refractivity contribution in [2.75, 3.05) is 51.3 Å². The standard InChI is InChI=1S/C23H30F2N2OS/c1-29(28)18-17-27-15-13-26(14-16-27)12-2-3-23(19-4-8-21(24)9-5-19)20-6-10-22(25)11-7-20/h4-11,23H,2-3,12-18H2,1H3/t29-/m1/s1. The molecule has 2 aromatic rings. The molecule has 158 valence electrons. The molecule has 2 aromatic carbocycles. The van der Waals surface area contributed by atoms with Crippen LogP contribution in [0.1, 0.15) is 29.9 Å². The van der Waals surface area contributed by atoms with Gasteiger partial charge in [-0.3, -0.25) is 9.11 Å². The Bertz CT molecular complexity index is 729. The molecule has 1 fully saturated rings. The van der Waals surface area contributed by atoms with E-state index in [0.717, 1.165) is 69.0 Å². The van der Waals surface area contributed by atoms with Crippen LogP contribution in [0.5, 0.6) is 0 Å². The number of rotatable bonds is 9. The normalized spacial score (nSPS) is 17.0. The Labute approximate surface area is 175 Å². The summed E-state index contributed by atoms with van der Waals surface area (Å²) >= 11 is 0.